The van der Waals surface area contributed by atoms with Crippen molar-refractivity contribution in [1.29, 1.82) is 0 Å². The maximum absolute atomic E-state index is 13.5. The molecule has 0 saturated carbocycles. The van der Waals surface area contributed by atoms with Crippen LogP contribution in [0, 0.1) is 6.92 Å². The molecule has 1 aromatic heterocycles. The maximum atomic E-state index is 13.5. The van der Waals surface area contributed by atoms with Crippen LogP contribution in [0.4, 0.5) is 11.4 Å². The van der Waals surface area contributed by atoms with Crippen LogP contribution in [0.3, 0.4) is 0 Å². The first-order valence-corrected chi connectivity index (χ1v) is 12.1. The summed E-state index contributed by atoms with van der Waals surface area (Å²) in [6.07, 6.45) is 1.24. The third-order valence-corrected chi connectivity index (χ3v) is 7.78. The smallest absolute Gasteiger partial charge is 0.270 e. The second kappa shape index (κ2) is 8.68. The standard InChI is InChI=1S/C23H22N2O5S2/c1-15-4-6-16(7-5-15)14-25-18-10-11-31-23(18)22(26)21(32(25,27)28)13-24-17-8-9-19(29-2)20(12-17)30-3/h4-13,24H,14H2,1-3H3. The molecule has 0 radical (unpaired) electrons. The van der Waals surface area contributed by atoms with E-state index >= 15 is 0 Å². The number of aryl methyl sites for hydroxylation is 1. The number of carbonyl (C=O) groups is 1. The molecule has 1 aliphatic heterocycles. The molecule has 1 N–H and O–H groups in total. The molecule has 7 nitrogen and oxygen atoms in total. The number of allylic oxidation sites excluding steroid dienone is 1. The minimum atomic E-state index is -4.07. The number of methoxy groups -OCH3 is 2. The highest BCUT2D eigenvalue weighted by Gasteiger charge is 2.41. The summed E-state index contributed by atoms with van der Waals surface area (Å²) >= 11 is 1.23. The molecule has 0 amide bonds. The molecule has 0 atom stereocenters. The van der Waals surface area contributed by atoms with Gasteiger partial charge in [-0.3, -0.25) is 9.10 Å². The van der Waals surface area contributed by atoms with Gasteiger partial charge in [0.2, 0.25) is 5.78 Å². The molecule has 3 aromatic rings. The van der Waals surface area contributed by atoms with Gasteiger partial charge in [-0.05, 0) is 36.1 Å². The Morgan fingerprint density at radius 1 is 1.03 bits per heavy atom. The fourth-order valence-corrected chi connectivity index (χ4v) is 5.87. The number of carbonyl (C=O) groups excluding carboxylic acids is 1. The quantitative estimate of drug-likeness (QED) is 0.532. The number of ketones is 1. The number of nitrogens with zero attached hydrogens (tertiary/aromatic N) is 1. The van der Waals surface area contributed by atoms with Gasteiger partial charge in [0.15, 0.2) is 16.4 Å². The van der Waals surface area contributed by atoms with E-state index in [1.807, 2.05) is 31.2 Å². The van der Waals surface area contributed by atoms with Crippen molar-refractivity contribution >= 4 is 38.5 Å². The Labute approximate surface area is 191 Å². The molecular formula is C23H22N2O5S2. The number of hydrogen-bond acceptors (Lipinski definition) is 7. The molecule has 0 fully saturated rings. The second-order valence-electron chi connectivity index (χ2n) is 7.18. The zero-order valence-corrected chi connectivity index (χ0v) is 19.4. The number of thiophene rings is 1. The van der Waals surface area contributed by atoms with Crippen LogP contribution in [0.1, 0.15) is 20.8 Å². The number of ether oxygens (including phenoxy) is 2. The van der Waals surface area contributed by atoms with Crippen molar-refractivity contribution in [2.75, 3.05) is 23.8 Å². The highest BCUT2D eigenvalue weighted by molar-refractivity contribution is 7.97. The summed E-state index contributed by atoms with van der Waals surface area (Å²) in [5.74, 6) is 0.498. The highest BCUT2D eigenvalue weighted by Crippen LogP contribution is 2.39. The predicted molar refractivity (Wildman–Crippen MR) is 126 cm³/mol. The minimum Gasteiger partial charge on any atom is -0.493 e. The van der Waals surface area contributed by atoms with Crippen LogP contribution >= 0.6 is 11.3 Å². The molecule has 2 aromatic carbocycles. The Kier molecular flexibility index (Phi) is 5.94. The van der Waals surface area contributed by atoms with Crippen LogP contribution in [0.2, 0.25) is 0 Å². The van der Waals surface area contributed by atoms with Crippen LogP contribution < -0.4 is 19.1 Å². The van der Waals surface area contributed by atoms with Crippen LogP contribution in [0.5, 0.6) is 11.5 Å². The molecule has 0 spiro atoms. The third-order valence-electron chi connectivity index (χ3n) is 5.11. The topological polar surface area (TPSA) is 84.9 Å². The van der Waals surface area contributed by atoms with Gasteiger partial charge in [-0.2, -0.15) is 0 Å². The zero-order valence-electron chi connectivity index (χ0n) is 17.8. The Balaban J connectivity index is 1.71. The Hall–Kier alpha value is -3.30. The first-order chi connectivity index (χ1) is 15.3. The first-order valence-electron chi connectivity index (χ1n) is 9.74. The SMILES string of the molecule is COc1ccc(NC=C2C(=O)c3sccc3N(Cc3ccc(C)cc3)S2(=O)=O)cc1OC. The summed E-state index contributed by atoms with van der Waals surface area (Å²) in [6.45, 7) is 2.10. The normalized spacial score (nSPS) is 16.0. The van der Waals surface area contributed by atoms with Crippen LogP contribution in [-0.4, -0.2) is 28.4 Å². The van der Waals surface area contributed by atoms with Gasteiger partial charge in [-0.25, -0.2) is 8.42 Å². The average molecular weight is 471 g/mol. The van der Waals surface area contributed by atoms with E-state index in [0.29, 0.717) is 27.8 Å². The third kappa shape index (κ3) is 3.96. The highest BCUT2D eigenvalue weighted by atomic mass is 32.2. The number of sulfonamides is 1. The summed E-state index contributed by atoms with van der Waals surface area (Å²) in [7, 11) is -1.03. The lowest BCUT2D eigenvalue weighted by Crippen LogP contribution is -2.38. The molecule has 0 bridgehead atoms. The maximum Gasteiger partial charge on any atom is 0.270 e. The van der Waals surface area contributed by atoms with E-state index in [0.717, 1.165) is 11.1 Å². The Morgan fingerprint density at radius 2 is 1.75 bits per heavy atom. The summed E-state index contributed by atoms with van der Waals surface area (Å²) in [4.78, 5) is 13.1. The van der Waals surface area contributed by atoms with Crippen molar-refractivity contribution in [2.24, 2.45) is 0 Å². The number of rotatable bonds is 6. The second-order valence-corrected chi connectivity index (χ2v) is 9.93. The molecule has 1 aliphatic rings. The molecule has 9 heteroatoms. The fraction of sp³-hybridized carbons (Fsp3) is 0.174. The van der Waals surface area contributed by atoms with Crippen molar-refractivity contribution in [3.63, 3.8) is 0 Å². The molecule has 4 rings (SSSR count). The summed E-state index contributed by atoms with van der Waals surface area (Å²) in [6, 6.07) is 14.4. The molecule has 0 aliphatic carbocycles. The van der Waals surface area contributed by atoms with E-state index in [-0.39, 0.29) is 11.4 Å². The van der Waals surface area contributed by atoms with Gasteiger partial charge in [-0.15, -0.1) is 11.3 Å². The first kappa shape index (κ1) is 21.9. The lowest BCUT2D eigenvalue weighted by molar-refractivity contribution is 0.104. The zero-order chi connectivity index (χ0) is 22.9. The lowest BCUT2D eigenvalue weighted by atomic mass is 10.1. The molecule has 32 heavy (non-hydrogen) atoms. The van der Waals surface area contributed by atoms with Gasteiger partial charge >= 0.3 is 0 Å². The number of fused-ring (bicyclic) bond motifs is 1. The predicted octanol–water partition coefficient (Wildman–Crippen LogP) is 4.56. The molecule has 0 unspecified atom stereocenters. The Morgan fingerprint density at radius 3 is 2.44 bits per heavy atom. The van der Waals surface area contributed by atoms with Crippen LogP contribution in [0.25, 0.3) is 0 Å². The van der Waals surface area contributed by atoms with Gasteiger partial charge in [-0.1, -0.05) is 29.8 Å². The number of benzene rings is 2. The largest absolute Gasteiger partial charge is 0.493 e. The lowest BCUT2D eigenvalue weighted by Gasteiger charge is -2.29. The van der Waals surface area contributed by atoms with Crippen molar-refractivity contribution in [1.82, 2.24) is 0 Å². The van der Waals surface area contributed by atoms with Crippen molar-refractivity contribution < 1.29 is 22.7 Å². The van der Waals surface area contributed by atoms with Gasteiger partial charge in [0.1, 0.15) is 4.88 Å². The van der Waals surface area contributed by atoms with Crippen molar-refractivity contribution in [3.05, 3.63) is 81.0 Å². The van der Waals surface area contributed by atoms with E-state index in [9.17, 15) is 13.2 Å². The Bertz CT molecular complexity index is 1290. The van der Waals surface area contributed by atoms with Gasteiger partial charge in [0, 0.05) is 18.0 Å². The van der Waals surface area contributed by atoms with Crippen LogP contribution in [0.15, 0.2) is 65.0 Å². The summed E-state index contributed by atoms with van der Waals surface area (Å²) in [5, 5.41) is 4.65. The fourth-order valence-electron chi connectivity index (χ4n) is 3.39. The van der Waals surface area contributed by atoms with Crippen molar-refractivity contribution in [3.8, 4) is 11.5 Å². The molecule has 2 heterocycles. The van der Waals surface area contributed by atoms with Crippen molar-refractivity contribution in [2.45, 2.75) is 13.5 Å². The molecular weight excluding hydrogens is 448 g/mol. The van der Waals surface area contributed by atoms with Crippen LogP contribution in [-0.2, 0) is 16.6 Å². The van der Waals surface area contributed by atoms with Gasteiger partial charge in [0.25, 0.3) is 10.0 Å². The summed E-state index contributed by atoms with van der Waals surface area (Å²) < 4.78 is 38.7. The number of Topliss-reactive ketones (excluding diaryl/α,β-unsaturated/α-hetero) is 1. The van der Waals surface area contributed by atoms with Gasteiger partial charge in [0.05, 0.1) is 26.5 Å². The van der Waals surface area contributed by atoms with E-state index in [1.165, 1.54) is 36.1 Å². The minimum absolute atomic E-state index is 0.132. The number of hydrogen-bond donors (Lipinski definition) is 1. The van der Waals surface area contributed by atoms with Gasteiger partial charge < -0.3 is 14.8 Å². The van der Waals surface area contributed by atoms with E-state index in [1.54, 1.807) is 29.6 Å². The summed E-state index contributed by atoms with van der Waals surface area (Å²) in [5.41, 5.74) is 2.88. The number of anilines is 2. The molecule has 166 valence electrons. The van der Waals surface area contributed by atoms with E-state index < -0.39 is 15.8 Å². The van der Waals surface area contributed by atoms with E-state index in [2.05, 4.69) is 5.32 Å². The van der Waals surface area contributed by atoms with E-state index in [4.69, 9.17) is 9.47 Å². The molecule has 0 saturated heterocycles. The number of nitrogens with one attached hydrogen (secondary N) is 1. The monoisotopic (exact) mass is 470 g/mol. The average Bonchev–Trinajstić information content (AvgIpc) is 3.27.